The van der Waals surface area contributed by atoms with Gasteiger partial charge >= 0.3 is 12.0 Å². The topological polar surface area (TPSA) is 98.7 Å². The number of likely N-dealkylation sites (tertiary alicyclic amines) is 1. The molecule has 0 aromatic heterocycles. The molecule has 0 aromatic rings. The van der Waals surface area contributed by atoms with E-state index in [9.17, 15) is 14.4 Å². The number of carbonyl (C=O) groups is 3. The molecule has 3 N–H and O–H groups in total. The highest BCUT2D eigenvalue weighted by Gasteiger charge is 2.24. The second-order valence-corrected chi connectivity index (χ2v) is 4.69. The maximum Gasteiger partial charge on any atom is 0.328 e. The van der Waals surface area contributed by atoms with Crippen molar-refractivity contribution < 1.29 is 19.5 Å². The van der Waals surface area contributed by atoms with Crippen LogP contribution in [0.5, 0.6) is 0 Å². The Morgan fingerprint density at radius 1 is 1.32 bits per heavy atom. The third-order valence-electron chi connectivity index (χ3n) is 3.16. The van der Waals surface area contributed by atoms with Gasteiger partial charge in [-0.2, -0.15) is 0 Å². The van der Waals surface area contributed by atoms with Gasteiger partial charge in [0.1, 0.15) is 0 Å². The molecule has 1 rings (SSSR count). The van der Waals surface area contributed by atoms with Crippen LogP contribution in [0.15, 0.2) is 12.2 Å². The Hall–Kier alpha value is -1.89. The number of amides is 3. The zero-order chi connectivity index (χ0) is 14.4. The molecular formula is C12H19N3O4. The summed E-state index contributed by atoms with van der Waals surface area (Å²) in [7, 11) is 2.03. The van der Waals surface area contributed by atoms with E-state index in [-0.39, 0.29) is 6.04 Å². The molecule has 1 aliphatic heterocycles. The number of rotatable bonds is 3. The van der Waals surface area contributed by atoms with Crippen LogP contribution >= 0.6 is 0 Å². The summed E-state index contributed by atoms with van der Waals surface area (Å²) in [4.78, 5) is 35.1. The molecule has 7 nitrogen and oxygen atoms in total. The van der Waals surface area contributed by atoms with Crippen molar-refractivity contribution in [1.82, 2.24) is 15.5 Å². The van der Waals surface area contributed by atoms with Crippen molar-refractivity contribution in [2.75, 3.05) is 13.6 Å². The SMILES string of the molecule is CC1CC(NC(=O)NC(=O)/C=C/C(=O)O)CCN1C. The summed E-state index contributed by atoms with van der Waals surface area (Å²) in [5.41, 5.74) is 0. The normalized spacial score (nSPS) is 24.1. The van der Waals surface area contributed by atoms with Crippen molar-refractivity contribution in [2.45, 2.75) is 31.8 Å². The van der Waals surface area contributed by atoms with Crippen molar-refractivity contribution in [3.63, 3.8) is 0 Å². The standard InChI is InChI=1S/C12H19N3O4/c1-8-7-9(5-6-15(8)2)13-12(19)14-10(16)3-4-11(17)18/h3-4,8-9H,5-7H2,1-2H3,(H,17,18)(H2,13,14,16,19)/b4-3+. The van der Waals surface area contributed by atoms with Crippen LogP contribution in [-0.2, 0) is 9.59 Å². The first-order valence-corrected chi connectivity index (χ1v) is 6.11. The third kappa shape index (κ3) is 5.52. The minimum absolute atomic E-state index is 0.0300. The first-order chi connectivity index (χ1) is 8.88. The third-order valence-corrected chi connectivity index (χ3v) is 3.16. The lowest BCUT2D eigenvalue weighted by Crippen LogP contribution is -2.50. The number of piperidine rings is 1. The Morgan fingerprint density at radius 3 is 2.58 bits per heavy atom. The van der Waals surface area contributed by atoms with Crippen LogP contribution in [0.2, 0.25) is 0 Å². The molecule has 1 saturated heterocycles. The Kier molecular flexibility index (Phi) is 5.50. The van der Waals surface area contributed by atoms with E-state index < -0.39 is 17.9 Å². The monoisotopic (exact) mass is 269 g/mol. The number of hydrogen-bond acceptors (Lipinski definition) is 4. The second-order valence-electron chi connectivity index (χ2n) is 4.69. The summed E-state index contributed by atoms with van der Waals surface area (Å²) < 4.78 is 0. The summed E-state index contributed by atoms with van der Waals surface area (Å²) in [6, 6.07) is -0.189. The predicted octanol–water partition coefficient (Wildman–Crippen LogP) is -0.0643. The van der Waals surface area contributed by atoms with Gasteiger partial charge in [-0.3, -0.25) is 10.1 Å². The first kappa shape index (κ1) is 15.2. The molecule has 1 fully saturated rings. The highest BCUT2D eigenvalue weighted by Crippen LogP contribution is 2.14. The van der Waals surface area contributed by atoms with Gasteiger partial charge in [0, 0.05) is 30.8 Å². The highest BCUT2D eigenvalue weighted by molar-refractivity contribution is 6.02. The van der Waals surface area contributed by atoms with Crippen molar-refractivity contribution in [3.8, 4) is 0 Å². The van der Waals surface area contributed by atoms with E-state index in [2.05, 4.69) is 22.5 Å². The van der Waals surface area contributed by atoms with Gasteiger partial charge in [-0.05, 0) is 26.8 Å². The zero-order valence-corrected chi connectivity index (χ0v) is 11.0. The molecule has 19 heavy (non-hydrogen) atoms. The maximum absolute atomic E-state index is 11.5. The summed E-state index contributed by atoms with van der Waals surface area (Å²) in [6.45, 7) is 2.96. The lowest BCUT2D eigenvalue weighted by molar-refractivity contribution is -0.131. The summed E-state index contributed by atoms with van der Waals surface area (Å²) in [5.74, 6) is -1.99. The number of imide groups is 1. The van der Waals surface area contributed by atoms with Gasteiger partial charge in [-0.25, -0.2) is 9.59 Å². The minimum atomic E-state index is -1.24. The fourth-order valence-electron chi connectivity index (χ4n) is 1.94. The van der Waals surface area contributed by atoms with Crippen LogP contribution < -0.4 is 10.6 Å². The fourth-order valence-corrected chi connectivity index (χ4v) is 1.94. The average Bonchev–Trinajstić information content (AvgIpc) is 2.31. The zero-order valence-electron chi connectivity index (χ0n) is 11.0. The molecule has 3 amide bonds. The molecule has 106 valence electrons. The Morgan fingerprint density at radius 2 is 2.00 bits per heavy atom. The van der Waals surface area contributed by atoms with Crippen LogP contribution in [0, 0.1) is 0 Å². The van der Waals surface area contributed by atoms with Crippen molar-refractivity contribution >= 4 is 17.9 Å². The number of urea groups is 1. The number of carbonyl (C=O) groups excluding carboxylic acids is 2. The Bertz CT molecular complexity index is 394. The number of aliphatic carboxylic acids is 1. The van der Waals surface area contributed by atoms with Crippen molar-refractivity contribution in [3.05, 3.63) is 12.2 Å². The van der Waals surface area contributed by atoms with Crippen LogP contribution in [0.4, 0.5) is 4.79 Å². The van der Waals surface area contributed by atoms with Crippen LogP contribution in [-0.4, -0.2) is 53.6 Å². The molecule has 1 heterocycles. The van der Waals surface area contributed by atoms with Gasteiger partial charge in [0.2, 0.25) is 0 Å². The van der Waals surface area contributed by atoms with E-state index in [1.54, 1.807) is 0 Å². The van der Waals surface area contributed by atoms with Crippen LogP contribution in [0.3, 0.4) is 0 Å². The number of carboxylic acid groups (broad SMARTS) is 1. The van der Waals surface area contributed by atoms with Crippen LogP contribution in [0.25, 0.3) is 0 Å². The predicted molar refractivity (Wildman–Crippen MR) is 68.6 cm³/mol. The van der Waals surface area contributed by atoms with Crippen molar-refractivity contribution in [2.24, 2.45) is 0 Å². The van der Waals surface area contributed by atoms with Gasteiger partial charge in [-0.15, -0.1) is 0 Å². The summed E-state index contributed by atoms with van der Waals surface area (Å²) >= 11 is 0. The second kappa shape index (κ2) is 6.89. The fraction of sp³-hybridized carbons (Fsp3) is 0.583. The molecule has 7 heteroatoms. The van der Waals surface area contributed by atoms with Crippen LogP contribution in [0.1, 0.15) is 19.8 Å². The molecule has 1 aliphatic rings. The maximum atomic E-state index is 11.5. The quantitative estimate of drug-likeness (QED) is 0.623. The minimum Gasteiger partial charge on any atom is -0.478 e. The first-order valence-electron chi connectivity index (χ1n) is 6.11. The summed E-state index contributed by atoms with van der Waals surface area (Å²) in [5, 5.41) is 13.1. The number of nitrogens with zero attached hydrogens (tertiary/aromatic N) is 1. The number of carboxylic acids is 1. The summed E-state index contributed by atoms with van der Waals surface area (Å²) in [6.07, 6.45) is 3.13. The van der Waals surface area contributed by atoms with E-state index in [1.165, 1.54) is 0 Å². The smallest absolute Gasteiger partial charge is 0.328 e. The van der Waals surface area contributed by atoms with E-state index in [1.807, 2.05) is 7.05 Å². The lowest BCUT2D eigenvalue weighted by atomic mass is 9.99. The molecule has 0 bridgehead atoms. The molecule has 0 aromatic carbocycles. The molecule has 0 saturated carbocycles. The van der Waals surface area contributed by atoms with Gasteiger partial charge in [0.25, 0.3) is 5.91 Å². The molecule has 2 atom stereocenters. The largest absolute Gasteiger partial charge is 0.478 e. The Balaban J connectivity index is 2.35. The van der Waals surface area contributed by atoms with Gasteiger partial charge < -0.3 is 15.3 Å². The number of nitrogens with one attached hydrogen (secondary N) is 2. The lowest BCUT2D eigenvalue weighted by Gasteiger charge is -2.35. The molecule has 0 spiro atoms. The number of hydrogen-bond donors (Lipinski definition) is 3. The molecule has 0 aliphatic carbocycles. The van der Waals surface area contributed by atoms with E-state index in [0.29, 0.717) is 12.1 Å². The van der Waals surface area contributed by atoms with Gasteiger partial charge in [0.05, 0.1) is 0 Å². The molecular weight excluding hydrogens is 250 g/mol. The van der Waals surface area contributed by atoms with E-state index in [0.717, 1.165) is 25.5 Å². The van der Waals surface area contributed by atoms with Crippen molar-refractivity contribution in [1.29, 1.82) is 0 Å². The highest BCUT2D eigenvalue weighted by atomic mass is 16.4. The molecule has 2 unspecified atom stereocenters. The molecule has 0 radical (unpaired) electrons. The van der Waals surface area contributed by atoms with Gasteiger partial charge in [-0.1, -0.05) is 0 Å². The Labute approximate surface area is 111 Å². The van der Waals surface area contributed by atoms with E-state index >= 15 is 0 Å². The van der Waals surface area contributed by atoms with Gasteiger partial charge in [0.15, 0.2) is 0 Å². The van der Waals surface area contributed by atoms with E-state index in [4.69, 9.17) is 5.11 Å². The average molecular weight is 269 g/mol.